The second-order valence-corrected chi connectivity index (χ2v) is 4.34. The van der Waals surface area contributed by atoms with Crippen molar-refractivity contribution in [2.24, 2.45) is 0 Å². The van der Waals surface area contributed by atoms with Gasteiger partial charge >= 0.3 is 0 Å². The highest BCUT2D eigenvalue weighted by Gasteiger charge is 2.19. The molecular formula is C10H16N2OS. The van der Waals surface area contributed by atoms with Crippen LogP contribution in [-0.2, 0) is 6.42 Å². The summed E-state index contributed by atoms with van der Waals surface area (Å²) in [6, 6.07) is 0.792. The third-order valence-electron chi connectivity index (χ3n) is 2.19. The number of hydrogen-bond donors (Lipinski definition) is 1. The van der Waals surface area contributed by atoms with Crippen LogP contribution in [0.1, 0.15) is 25.5 Å². The third kappa shape index (κ3) is 2.96. The van der Waals surface area contributed by atoms with Crippen LogP contribution in [0.4, 0.5) is 0 Å². The summed E-state index contributed by atoms with van der Waals surface area (Å²) in [5.74, 6) is 0. The van der Waals surface area contributed by atoms with Gasteiger partial charge in [-0.3, -0.25) is 0 Å². The number of aromatic nitrogens is 1. The Bertz CT molecular complexity index is 283. The zero-order chi connectivity index (χ0) is 9.80. The molecule has 0 aromatic carbocycles. The smallest absolute Gasteiger partial charge is 0.273 e. The minimum atomic E-state index is 0.702. The summed E-state index contributed by atoms with van der Waals surface area (Å²) in [5.41, 5.74) is 1.15. The monoisotopic (exact) mass is 212 g/mol. The van der Waals surface area contributed by atoms with Crippen molar-refractivity contribution in [3.63, 3.8) is 0 Å². The molecule has 1 aliphatic carbocycles. The van der Waals surface area contributed by atoms with Crippen molar-refractivity contribution in [3.8, 4) is 5.19 Å². The number of thiazole rings is 1. The van der Waals surface area contributed by atoms with E-state index in [2.05, 4.69) is 15.7 Å². The maximum Gasteiger partial charge on any atom is 0.273 e. The fraction of sp³-hybridized carbons (Fsp3) is 0.700. The molecule has 3 nitrogen and oxygen atoms in total. The normalized spacial score (nSPS) is 15.8. The Morgan fingerprint density at radius 2 is 2.50 bits per heavy atom. The summed E-state index contributed by atoms with van der Waals surface area (Å²) in [7, 11) is 0. The quantitative estimate of drug-likeness (QED) is 0.781. The molecule has 0 amide bonds. The van der Waals surface area contributed by atoms with Crippen molar-refractivity contribution in [3.05, 3.63) is 11.1 Å². The Kier molecular flexibility index (Phi) is 3.37. The van der Waals surface area contributed by atoms with E-state index in [1.807, 2.05) is 6.92 Å². The minimum Gasteiger partial charge on any atom is -0.470 e. The maximum absolute atomic E-state index is 5.31. The zero-order valence-electron chi connectivity index (χ0n) is 8.45. The Morgan fingerprint density at radius 1 is 1.64 bits per heavy atom. The number of hydrogen-bond acceptors (Lipinski definition) is 4. The summed E-state index contributed by atoms with van der Waals surface area (Å²) in [6.07, 6.45) is 3.71. The maximum atomic E-state index is 5.31. The van der Waals surface area contributed by atoms with Gasteiger partial charge in [-0.25, -0.2) is 4.98 Å². The molecule has 1 N–H and O–H groups in total. The Hall–Kier alpha value is -0.610. The van der Waals surface area contributed by atoms with Crippen molar-refractivity contribution >= 4 is 11.3 Å². The zero-order valence-corrected chi connectivity index (χ0v) is 9.27. The molecule has 1 aromatic rings. The van der Waals surface area contributed by atoms with Crippen LogP contribution < -0.4 is 10.1 Å². The minimum absolute atomic E-state index is 0.702. The van der Waals surface area contributed by atoms with Crippen LogP contribution in [0.5, 0.6) is 5.19 Å². The van der Waals surface area contributed by atoms with E-state index < -0.39 is 0 Å². The lowest BCUT2D eigenvalue weighted by Crippen LogP contribution is -2.19. The van der Waals surface area contributed by atoms with Gasteiger partial charge in [0, 0.05) is 24.4 Å². The number of rotatable bonds is 6. The first-order valence-electron chi connectivity index (χ1n) is 5.19. The molecular weight excluding hydrogens is 196 g/mol. The molecule has 4 heteroatoms. The van der Waals surface area contributed by atoms with Gasteiger partial charge in [-0.15, -0.1) is 0 Å². The SMILES string of the molecule is CCOc1nc(CCNC2CC2)cs1. The number of ether oxygens (including phenoxy) is 1. The van der Waals surface area contributed by atoms with Crippen molar-refractivity contribution < 1.29 is 4.74 Å². The third-order valence-corrected chi connectivity index (χ3v) is 2.99. The molecule has 1 aliphatic rings. The molecule has 1 saturated carbocycles. The molecule has 1 heterocycles. The molecule has 2 rings (SSSR count). The van der Waals surface area contributed by atoms with Gasteiger partial charge in [0.25, 0.3) is 5.19 Å². The van der Waals surface area contributed by atoms with E-state index in [0.29, 0.717) is 6.61 Å². The fourth-order valence-electron chi connectivity index (χ4n) is 1.28. The lowest BCUT2D eigenvalue weighted by Gasteiger charge is -1.99. The van der Waals surface area contributed by atoms with Gasteiger partial charge in [-0.1, -0.05) is 11.3 Å². The van der Waals surface area contributed by atoms with Crippen molar-refractivity contribution in [1.29, 1.82) is 0 Å². The predicted octanol–water partition coefficient (Wildman–Crippen LogP) is 1.84. The summed E-state index contributed by atoms with van der Waals surface area (Å²) >= 11 is 1.59. The Morgan fingerprint density at radius 3 is 3.21 bits per heavy atom. The lowest BCUT2D eigenvalue weighted by molar-refractivity contribution is 0.337. The Labute approximate surface area is 88.5 Å². The first kappa shape index (κ1) is 9.93. The van der Waals surface area contributed by atoms with Gasteiger partial charge < -0.3 is 10.1 Å². The molecule has 1 fully saturated rings. The highest BCUT2D eigenvalue weighted by atomic mass is 32.1. The average Bonchev–Trinajstić information content (AvgIpc) is 2.88. The van der Waals surface area contributed by atoms with Crippen LogP contribution in [0.3, 0.4) is 0 Å². The van der Waals surface area contributed by atoms with Crippen LogP contribution in [0.2, 0.25) is 0 Å². The summed E-state index contributed by atoms with van der Waals surface area (Å²) in [5, 5.41) is 6.35. The van der Waals surface area contributed by atoms with Crippen LogP contribution in [0, 0.1) is 0 Å². The highest BCUT2D eigenvalue weighted by Crippen LogP contribution is 2.20. The molecule has 0 saturated heterocycles. The summed E-state index contributed by atoms with van der Waals surface area (Å²) in [6.45, 7) is 3.73. The van der Waals surface area contributed by atoms with Gasteiger partial charge in [-0.2, -0.15) is 0 Å². The van der Waals surface area contributed by atoms with E-state index in [1.165, 1.54) is 12.8 Å². The lowest BCUT2D eigenvalue weighted by atomic mass is 10.3. The average molecular weight is 212 g/mol. The van der Waals surface area contributed by atoms with E-state index >= 15 is 0 Å². The molecule has 0 aliphatic heterocycles. The largest absolute Gasteiger partial charge is 0.470 e. The van der Waals surface area contributed by atoms with Gasteiger partial charge in [0.15, 0.2) is 0 Å². The molecule has 0 unspecified atom stereocenters. The van der Waals surface area contributed by atoms with E-state index in [1.54, 1.807) is 11.3 Å². The molecule has 0 bridgehead atoms. The van der Waals surface area contributed by atoms with Gasteiger partial charge in [0.2, 0.25) is 0 Å². The van der Waals surface area contributed by atoms with Crippen LogP contribution in [0.15, 0.2) is 5.38 Å². The topological polar surface area (TPSA) is 34.1 Å². The standard InChI is InChI=1S/C10H16N2OS/c1-2-13-10-12-9(7-14-10)5-6-11-8-3-4-8/h7-8,11H,2-6H2,1H3. The van der Waals surface area contributed by atoms with E-state index in [4.69, 9.17) is 4.74 Å². The molecule has 1 aromatic heterocycles. The van der Waals surface area contributed by atoms with Crippen molar-refractivity contribution in [2.45, 2.75) is 32.2 Å². The van der Waals surface area contributed by atoms with E-state index in [-0.39, 0.29) is 0 Å². The first-order chi connectivity index (χ1) is 6.88. The molecule has 0 radical (unpaired) electrons. The van der Waals surface area contributed by atoms with E-state index in [9.17, 15) is 0 Å². The van der Waals surface area contributed by atoms with Crippen LogP contribution in [-0.4, -0.2) is 24.2 Å². The number of nitrogens with zero attached hydrogens (tertiary/aromatic N) is 1. The van der Waals surface area contributed by atoms with Crippen molar-refractivity contribution in [2.75, 3.05) is 13.2 Å². The van der Waals surface area contributed by atoms with Gasteiger partial charge in [0.05, 0.1) is 12.3 Å². The van der Waals surface area contributed by atoms with Gasteiger partial charge in [-0.05, 0) is 19.8 Å². The number of nitrogens with one attached hydrogen (secondary N) is 1. The predicted molar refractivity (Wildman–Crippen MR) is 58.0 cm³/mol. The van der Waals surface area contributed by atoms with Crippen molar-refractivity contribution in [1.82, 2.24) is 10.3 Å². The molecule has 0 atom stereocenters. The highest BCUT2D eigenvalue weighted by molar-refractivity contribution is 7.11. The van der Waals surface area contributed by atoms with Gasteiger partial charge in [0.1, 0.15) is 0 Å². The Balaban J connectivity index is 1.71. The summed E-state index contributed by atoms with van der Waals surface area (Å²) < 4.78 is 5.31. The summed E-state index contributed by atoms with van der Waals surface area (Å²) in [4.78, 5) is 4.37. The van der Waals surface area contributed by atoms with E-state index in [0.717, 1.165) is 29.9 Å². The molecule has 14 heavy (non-hydrogen) atoms. The van der Waals surface area contributed by atoms with Crippen LogP contribution in [0.25, 0.3) is 0 Å². The van der Waals surface area contributed by atoms with Crippen LogP contribution >= 0.6 is 11.3 Å². The first-order valence-corrected chi connectivity index (χ1v) is 6.07. The molecule has 78 valence electrons. The second kappa shape index (κ2) is 4.75. The second-order valence-electron chi connectivity index (χ2n) is 3.52. The molecule has 0 spiro atoms. The fourth-order valence-corrected chi connectivity index (χ4v) is 2.05.